The molecule has 1 N–H and O–H groups in total. The van der Waals surface area contributed by atoms with Crippen LogP contribution in [0, 0.1) is 11.5 Å². The highest BCUT2D eigenvalue weighted by Gasteiger charge is 1.98. The van der Waals surface area contributed by atoms with E-state index in [1.807, 2.05) is 0 Å². The number of aliphatic hydroxyl groups is 1. The highest BCUT2D eigenvalue weighted by atomic mass is 28.3. The minimum absolute atomic E-state index is 0.260. The predicted octanol–water partition coefficient (Wildman–Crippen LogP) is 1.58. The fourth-order valence-electron chi connectivity index (χ4n) is 1.12. The molecule has 0 aliphatic carbocycles. The molecule has 3 heteroatoms. The zero-order chi connectivity index (χ0) is 10.6. The number of rotatable bonds is 7. The van der Waals surface area contributed by atoms with E-state index in [1.165, 1.54) is 12.1 Å². The van der Waals surface area contributed by atoms with Gasteiger partial charge >= 0.3 is 0 Å². The van der Waals surface area contributed by atoms with Crippen LogP contribution in [0.25, 0.3) is 0 Å². The van der Waals surface area contributed by atoms with E-state index in [9.17, 15) is 0 Å². The third-order valence-electron chi connectivity index (χ3n) is 2.16. The molecule has 14 heavy (non-hydrogen) atoms. The Bertz CT molecular complexity index is 168. The molecule has 0 aliphatic heterocycles. The van der Waals surface area contributed by atoms with E-state index in [-0.39, 0.29) is 6.61 Å². The van der Waals surface area contributed by atoms with E-state index < -0.39 is 8.80 Å². The first-order valence-corrected chi connectivity index (χ1v) is 7.73. The smallest absolute Gasteiger partial charge is 0.122 e. The van der Waals surface area contributed by atoms with Gasteiger partial charge in [0.15, 0.2) is 0 Å². The third-order valence-corrected chi connectivity index (χ3v) is 4.75. The van der Waals surface area contributed by atoms with Crippen LogP contribution < -0.4 is 0 Å². The highest BCUT2D eigenvalue weighted by molar-refractivity contribution is 6.67. The summed E-state index contributed by atoms with van der Waals surface area (Å²) < 4.78 is 5.31. The summed E-state index contributed by atoms with van der Waals surface area (Å²) in [5.41, 5.74) is 3.32. The van der Waals surface area contributed by atoms with Crippen molar-refractivity contribution >= 4 is 8.80 Å². The van der Waals surface area contributed by atoms with Crippen molar-refractivity contribution in [3.05, 3.63) is 0 Å². The molecule has 0 spiro atoms. The molecule has 0 unspecified atom stereocenters. The first-order valence-electron chi connectivity index (χ1n) is 5.52. The van der Waals surface area contributed by atoms with Gasteiger partial charge in [-0.15, -0.1) is 5.54 Å². The van der Waals surface area contributed by atoms with Crippen LogP contribution >= 0.6 is 0 Å². The number of aliphatic hydroxyl groups excluding tert-OH is 1. The summed E-state index contributed by atoms with van der Waals surface area (Å²) in [6.07, 6.45) is 1.76. The van der Waals surface area contributed by atoms with Crippen LogP contribution in [0.4, 0.5) is 0 Å². The number of hydrogen-bond acceptors (Lipinski definition) is 2. The lowest BCUT2D eigenvalue weighted by molar-refractivity contribution is 0.154. The third kappa shape index (κ3) is 8.30. The molecule has 0 amide bonds. The van der Waals surface area contributed by atoms with Crippen LogP contribution in [0.5, 0.6) is 0 Å². The maximum Gasteiger partial charge on any atom is 0.122 e. The molecular formula is C11H22O2Si. The van der Waals surface area contributed by atoms with E-state index in [2.05, 4.69) is 25.3 Å². The van der Waals surface area contributed by atoms with Gasteiger partial charge in [-0.1, -0.05) is 31.9 Å². The second-order valence-corrected chi connectivity index (χ2v) is 6.63. The lowest BCUT2D eigenvalue weighted by Crippen LogP contribution is -2.06. The van der Waals surface area contributed by atoms with Crippen LogP contribution in [-0.2, 0) is 4.74 Å². The lowest BCUT2D eigenvalue weighted by Gasteiger charge is -2.00. The maximum absolute atomic E-state index is 8.53. The summed E-state index contributed by atoms with van der Waals surface area (Å²) >= 11 is 0. The van der Waals surface area contributed by atoms with Gasteiger partial charge in [-0.3, -0.25) is 0 Å². The second-order valence-electron chi connectivity index (χ2n) is 3.32. The van der Waals surface area contributed by atoms with Crippen molar-refractivity contribution in [2.45, 2.75) is 38.8 Å². The van der Waals surface area contributed by atoms with Crippen LogP contribution in [0.2, 0.25) is 12.1 Å². The van der Waals surface area contributed by atoms with Crippen molar-refractivity contribution in [2.24, 2.45) is 0 Å². The molecule has 0 saturated heterocycles. The van der Waals surface area contributed by atoms with Crippen molar-refractivity contribution in [1.29, 1.82) is 0 Å². The molecule has 0 atom stereocenters. The van der Waals surface area contributed by atoms with E-state index in [4.69, 9.17) is 9.84 Å². The standard InChI is InChI=1S/C11H22O2Si/c1-3-14(4-2)11-7-10-13-9-6-5-8-12/h12,14H,3-6,8-10H2,1-2H3. The largest absolute Gasteiger partial charge is 0.396 e. The zero-order valence-corrected chi connectivity index (χ0v) is 10.5. The SMILES string of the molecule is CC[SiH](C#CCOCCCCO)CC. The summed E-state index contributed by atoms with van der Waals surface area (Å²) in [6, 6.07) is 2.52. The van der Waals surface area contributed by atoms with Crippen molar-refractivity contribution < 1.29 is 9.84 Å². The highest BCUT2D eigenvalue weighted by Crippen LogP contribution is 1.95. The lowest BCUT2D eigenvalue weighted by atomic mass is 10.3. The summed E-state index contributed by atoms with van der Waals surface area (Å²) in [7, 11) is -0.738. The van der Waals surface area contributed by atoms with Crippen LogP contribution in [-0.4, -0.2) is 33.7 Å². The summed E-state index contributed by atoms with van der Waals surface area (Å²) in [5, 5.41) is 8.53. The molecule has 0 aromatic heterocycles. The molecule has 0 radical (unpaired) electrons. The van der Waals surface area contributed by atoms with Gasteiger partial charge in [0.05, 0.1) is 0 Å². The minimum atomic E-state index is -0.738. The van der Waals surface area contributed by atoms with E-state index >= 15 is 0 Å². The molecule has 0 heterocycles. The van der Waals surface area contributed by atoms with Gasteiger partial charge in [0, 0.05) is 13.2 Å². The summed E-state index contributed by atoms with van der Waals surface area (Å²) in [5.74, 6) is 3.09. The molecule has 2 nitrogen and oxygen atoms in total. The molecular weight excluding hydrogens is 192 g/mol. The molecule has 0 fully saturated rings. The Kier molecular flexibility index (Phi) is 10.5. The quantitative estimate of drug-likeness (QED) is 0.396. The van der Waals surface area contributed by atoms with Gasteiger partial charge in [0.25, 0.3) is 0 Å². The minimum Gasteiger partial charge on any atom is -0.396 e. The molecule has 0 rings (SSSR count). The van der Waals surface area contributed by atoms with Gasteiger partial charge in [0.1, 0.15) is 15.4 Å². The van der Waals surface area contributed by atoms with Gasteiger partial charge in [-0.05, 0) is 12.8 Å². The van der Waals surface area contributed by atoms with Crippen molar-refractivity contribution in [1.82, 2.24) is 0 Å². The molecule has 0 aromatic rings. The number of ether oxygens (including phenoxy) is 1. The Morgan fingerprint density at radius 1 is 1.21 bits per heavy atom. The first kappa shape index (κ1) is 13.7. The van der Waals surface area contributed by atoms with Crippen molar-refractivity contribution in [2.75, 3.05) is 19.8 Å². The fraction of sp³-hybridized carbons (Fsp3) is 0.818. The average molecular weight is 214 g/mol. The Balaban J connectivity index is 3.32. The topological polar surface area (TPSA) is 29.5 Å². The Morgan fingerprint density at radius 2 is 1.93 bits per heavy atom. The predicted molar refractivity (Wildman–Crippen MR) is 63.0 cm³/mol. The maximum atomic E-state index is 8.53. The van der Waals surface area contributed by atoms with Crippen LogP contribution in [0.1, 0.15) is 26.7 Å². The van der Waals surface area contributed by atoms with Gasteiger partial charge in [-0.25, -0.2) is 0 Å². The Labute approximate surface area is 89.3 Å². The Morgan fingerprint density at radius 3 is 2.50 bits per heavy atom. The van der Waals surface area contributed by atoms with Gasteiger partial charge < -0.3 is 9.84 Å². The second kappa shape index (κ2) is 10.8. The average Bonchev–Trinajstić information content (AvgIpc) is 2.22. The molecule has 0 aromatic carbocycles. The van der Waals surface area contributed by atoms with Gasteiger partial charge in [-0.2, -0.15) is 0 Å². The van der Waals surface area contributed by atoms with Crippen LogP contribution in [0.3, 0.4) is 0 Å². The molecule has 0 saturated carbocycles. The number of unbranched alkanes of at least 4 members (excludes halogenated alkanes) is 1. The molecule has 0 bridgehead atoms. The van der Waals surface area contributed by atoms with Crippen LogP contribution in [0.15, 0.2) is 0 Å². The molecule has 0 aliphatic rings. The normalized spacial score (nSPS) is 10.0. The van der Waals surface area contributed by atoms with Crippen molar-refractivity contribution in [3.63, 3.8) is 0 Å². The summed E-state index contributed by atoms with van der Waals surface area (Å²) in [4.78, 5) is 0. The first-order chi connectivity index (χ1) is 6.85. The fourth-order valence-corrected chi connectivity index (χ4v) is 2.48. The van der Waals surface area contributed by atoms with E-state index in [1.54, 1.807) is 0 Å². The molecule has 82 valence electrons. The van der Waals surface area contributed by atoms with E-state index in [0.29, 0.717) is 6.61 Å². The number of hydrogen-bond donors (Lipinski definition) is 1. The zero-order valence-electron chi connectivity index (χ0n) is 9.38. The van der Waals surface area contributed by atoms with Gasteiger partial charge in [0.2, 0.25) is 0 Å². The van der Waals surface area contributed by atoms with E-state index in [0.717, 1.165) is 19.4 Å². The Hall–Kier alpha value is -0.303. The monoisotopic (exact) mass is 214 g/mol. The van der Waals surface area contributed by atoms with Crippen molar-refractivity contribution in [3.8, 4) is 11.5 Å². The summed E-state index contributed by atoms with van der Waals surface area (Å²) in [6.45, 7) is 5.98.